The molecule has 0 aromatic carbocycles. The van der Waals surface area contributed by atoms with Crippen molar-refractivity contribution < 1.29 is 52.9 Å². The van der Waals surface area contributed by atoms with Gasteiger partial charge in [-0.2, -0.15) is 0 Å². The Bertz CT molecular complexity index is 45.1. The molecule has 0 amide bonds. The van der Waals surface area contributed by atoms with Crippen molar-refractivity contribution in [1.82, 2.24) is 0 Å². The van der Waals surface area contributed by atoms with E-state index < -0.39 is 6.16 Å². The first kappa shape index (κ1) is 96.4. The van der Waals surface area contributed by atoms with Gasteiger partial charge in [0, 0.05) is 0 Å². The average molecular weight is 208 g/mol. The van der Waals surface area contributed by atoms with Gasteiger partial charge in [0.15, 0.2) is 0 Å². The molecule has 0 saturated heterocycles. The van der Waals surface area contributed by atoms with Crippen molar-refractivity contribution in [2.75, 3.05) is 0 Å². The Morgan fingerprint density at radius 2 is 1.17 bits per heavy atom. The van der Waals surface area contributed by atoms with Gasteiger partial charge in [0.2, 0.25) is 0 Å². The van der Waals surface area contributed by atoms with E-state index in [0.717, 1.165) is 0 Å². The van der Waals surface area contributed by atoms with Crippen LogP contribution in [0.5, 0.6) is 0 Å². The molecule has 0 spiro atoms. The van der Waals surface area contributed by atoms with Gasteiger partial charge in [-0.15, -0.1) is 0 Å². The van der Waals surface area contributed by atoms with Gasteiger partial charge in [0.25, 0.3) is 6.16 Å². The van der Waals surface area contributed by atoms with Crippen LogP contribution in [0.15, 0.2) is 0 Å². The van der Waals surface area contributed by atoms with Crippen LogP contribution in [0.4, 0.5) is 4.79 Å². The van der Waals surface area contributed by atoms with Gasteiger partial charge < -0.3 is 47.6 Å². The second kappa shape index (κ2) is 72.6. The SMILES string of the molecule is O.O.O.O.O.O=C([O-])OO.[Mg+2].[OH-]. The molecular weight excluding hydrogens is 196 g/mol. The number of hydrogen-bond donors (Lipinski definition) is 1. The molecule has 11 heteroatoms. The molecule has 0 rings (SSSR count). The summed E-state index contributed by atoms with van der Waals surface area (Å²) in [5, 5.41) is 15.8. The summed E-state index contributed by atoms with van der Waals surface area (Å²) in [7, 11) is 0. The molecule has 0 saturated carbocycles. The predicted octanol–water partition coefficient (Wildman–Crippen LogP) is -5.86. The van der Waals surface area contributed by atoms with Crippen molar-refractivity contribution in [2.45, 2.75) is 0 Å². The van der Waals surface area contributed by atoms with Crippen LogP contribution in [0.25, 0.3) is 0 Å². The monoisotopic (exact) mass is 208 g/mol. The van der Waals surface area contributed by atoms with E-state index in [1.54, 1.807) is 0 Å². The van der Waals surface area contributed by atoms with Crippen LogP contribution in [0.2, 0.25) is 0 Å². The van der Waals surface area contributed by atoms with Gasteiger partial charge in [-0.25, -0.2) is 0 Å². The number of hydrogen-bond acceptors (Lipinski definition) is 5. The third-order valence-corrected chi connectivity index (χ3v) is 0.0745. The molecule has 12 heavy (non-hydrogen) atoms. The summed E-state index contributed by atoms with van der Waals surface area (Å²) in [5.41, 5.74) is 0. The van der Waals surface area contributed by atoms with Gasteiger partial charge in [-0.3, -0.25) is 5.26 Å². The normalized spacial score (nSPS) is 2.75. The Hall–Kier alpha value is -0.244. The molecular formula is CH12MgO10. The van der Waals surface area contributed by atoms with Crippen molar-refractivity contribution in [3.8, 4) is 0 Å². The average Bonchev–Trinajstić information content (AvgIpc) is 1.38. The van der Waals surface area contributed by atoms with Crippen LogP contribution in [0.3, 0.4) is 0 Å². The molecule has 12 N–H and O–H groups in total. The number of carboxylic acid groups (broad SMARTS) is 1. The molecule has 0 fully saturated rings. The molecule has 0 radical (unpaired) electrons. The maximum atomic E-state index is 8.78. The van der Waals surface area contributed by atoms with Gasteiger partial charge in [-0.05, 0) is 0 Å². The van der Waals surface area contributed by atoms with Crippen molar-refractivity contribution in [1.29, 1.82) is 0 Å². The van der Waals surface area contributed by atoms with Gasteiger partial charge in [0.1, 0.15) is 0 Å². The van der Waals surface area contributed by atoms with Crippen LogP contribution in [0, 0.1) is 0 Å². The van der Waals surface area contributed by atoms with Gasteiger partial charge >= 0.3 is 23.1 Å². The molecule has 10 nitrogen and oxygen atoms in total. The molecule has 0 unspecified atom stereocenters. The summed E-state index contributed by atoms with van der Waals surface area (Å²) < 4.78 is 0. The number of carbonyl (C=O) groups is 1. The van der Waals surface area contributed by atoms with E-state index in [0.29, 0.717) is 0 Å². The molecule has 0 atom stereocenters. The maximum absolute atomic E-state index is 8.78. The van der Waals surface area contributed by atoms with Crippen LogP contribution >= 0.6 is 0 Å². The first-order chi connectivity index (χ1) is 2.27. The van der Waals surface area contributed by atoms with Crippen molar-refractivity contribution in [3.63, 3.8) is 0 Å². The van der Waals surface area contributed by atoms with E-state index in [1.807, 2.05) is 0 Å². The predicted molar refractivity (Wildman–Crippen MR) is 34.9 cm³/mol. The molecule has 0 aliphatic heterocycles. The fourth-order valence-electron chi connectivity index (χ4n) is 0. The van der Waals surface area contributed by atoms with Gasteiger partial charge in [0.05, 0.1) is 0 Å². The summed E-state index contributed by atoms with van der Waals surface area (Å²) >= 11 is 0. The maximum Gasteiger partial charge on any atom is 2.00 e. The third-order valence-electron chi connectivity index (χ3n) is 0.0745. The fraction of sp³-hybridized carbons (Fsp3) is 0. The summed E-state index contributed by atoms with van der Waals surface area (Å²) in [6, 6.07) is 0. The Labute approximate surface area is 82.7 Å². The number of rotatable bonds is 0. The minimum absolute atomic E-state index is 0. The molecule has 0 aromatic heterocycles. The quantitative estimate of drug-likeness (QED) is 0.231. The minimum Gasteiger partial charge on any atom is -0.870 e. The van der Waals surface area contributed by atoms with Crippen LogP contribution < -0.4 is 5.11 Å². The molecule has 0 bridgehead atoms. The largest absolute Gasteiger partial charge is 2.00 e. The fourth-order valence-corrected chi connectivity index (χ4v) is 0. The van der Waals surface area contributed by atoms with E-state index in [2.05, 4.69) is 4.89 Å². The van der Waals surface area contributed by atoms with E-state index in [4.69, 9.17) is 15.2 Å². The molecule has 78 valence electrons. The zero-order chi connectivity index (χ0) is 4.28. The van der Waals surface area contributed by atoms with E-state index >= 15 is 0 Å². The Morgan fingerprint density at radius 1 is 1.08 bits per heavy atom. The van der Waals surface area contributed by atoms with E-state index in [9.17, 15) is 0 Å². The Balaban J connectivity index is -0.00000000381. The Kier molecular flexibility index (Phi) is 583. The van der Waals surface area contributed by atoms with Gasteiger partial charge in [-0.1, -0.05) is 0 Å². The molecule has 0 aliphatic rings. The topological polar surface area (TPSA) is 257 Å². The summed E-state index contributed by atoms with van der Waals surface area (Å²) in [6.07, 6.45) is -1.94. The van der Waals surface area contributed by atoms with Crippen LogP contribution in [-0.2, 0) is 4.89 Å². The second-order valence-electron chi connectivity index (χ2n) is 0.341. The van der Waals surface area contributed by atoms with Crippen LogP contribution in [0.1, 0.15) is 0 Å². The summed E-state index contributed by atoms with van der Waals surface area (Å²) in [6.45, 7) is 0. The van der Waals surface area contributed by atoms with Crippen molar-refractivity contribution in [2.24, 2.45) is 0 Å². The minimum atomic E-state index is -1.94. The molecule has 0 aliphatic carbocycles. The standard InChI is InChI=1S/CH2O4.Mg.6H2O/c2-1(3)5-4;;;;;;;/h4H,(H,2,3);;6*1H2/q;+2;;;;;;/p-2. The van der Waals surface area contributed by atoms with Crippen molar-refractivity contribution in [3.05, 3.63) is 0 Å². The first-order valence-electron chi connectivity index (χ1n) is 0.795. The van der Waals surface area contributed by atoms with Crippen molar-refractivity contribution >= 4 is 29.2 Å². The molecule has 0 aromatic rings. The zero-order valence-electron chi connectivity index (χ0n) is 5.83. The third kappa shape index (κ3) is 243. The number of carbonyl (C=O) groups excluding carboxylic acids is 1. The second-order valence-corrected chi connectivity index (χ2v) is 0.341. The first-order valence-corrected chi connectivity index (χ1v) is 0.795. The summed E-state index contributed by atoms with van der Waals surface area (Å²) in [4.78, 5) is 11.3. The smallest absolute Gasteiger partial charge is 0.870 e. The van der Waals surface area contributed by atoms with E-state index in [-0.39, 0.29) is 55.9 Å². The molecule has 0 heterocycles. The zero-order valence-corrected chi connectivity index (χ0v) is 7.24. The van der Waals surface area contributed by atoms with E-state index in [1.165, 1.54) is 0 Å². The summed E-state index contributed by atoms with van der Waals surface area (Å²) in [5.74, 6) is 0. The Morgan fingerprint density at radius 3 is 1.17 bits per heavy atom. The van der Waals surface area contributed by atoms with Crippen LogP contribution in [-0.4, -0.2) is 67.3 Å².